The van der Waals surface area contributed by atoms with Gasteiger partial charge in [0, 0.05) is 15.3 Å². The SMILES string of the molecule is Fc1ccc(C2CC(Nc3ccc(F)cc3I)C2)cc1. The molecule has 0 saturated heterocycles. The van der Waals surface area contributed by atoms with Crippen molar-refractivity contribution in [2.45, 2.75) is 24.8 Å². The van der Waals surface area contributed by atoms with Crippen molar-refractivity contribution in [2.24, 2.45) is 0 Å². The molecule has 0 spiro atoms. The highest BCUT2D eigenvalue weighted by atomic mass is 127. The highest BCUT2D eigenvalue weighted by molar-refractivity contribution is 14.1. The zero-order valence-corrected chi connectivity index (χ0v) is 12.9. The first-order valence-corrected chi connectivity index (χ1v) is 7.67. The molecule has 1 aliphatic rings. The second-order valence-electron chi connectivity index (χ2n) is 5.19. The topological polar surface area (TPSA) is 12.0 Å². The molecule has 0 heterocycles. The smallest absolute Gasteiger partial charge is 0.124 e. The van der Waals surface area contributed by atoms with Crippen molar-refractivity contribution >= 4 is 28.3 Å². The summed E-state index contributed by atoms with van der Waals surface area (Å²) in [7, 11) is 0. The molecular formula is C16H14F2IN. The third-order valence-electron chi connectivity index (χ3n) is 3.77. The molecule has 0 radical (unpaired) electrons. The molecule has 2 aromatic carbocycles. The average Bonchev–Trinajstić information content (AvgIpc) is 2.37. The fourth-order valence-electron chi connectivity index (χ4n) is 2.57. The number of halogens is 3. The van der Waals surface area contributed by atoms with E-state index in [9.17, 15) is 8.78 Å². The molecule has 4 heteroatoms. The molecule has 1 aliphatic carbocycles. The van der Waals surface area contributed by atoms with Gasteiger partial charge in [0.2, 0.25) is 0 Å². The van der Waals surface area contributed by atoms with Gasteiger partial charge in [-0.25, -0.2) is 8.78 Å². The lowest BCUT2D eigenvalue weighted by molar-refractivity contribution is 0.373. The second kappa shape index (κ2) is 5.68. The lowest BCUT2D eigenvalue weighted by atomic mass is 9.76. The van der Waals surface area contributed by atoms with Crippen LogP contribution in [0.3, 0.4) is 0 Å². The Kier molecular flexibility index (Phi) is 3.92. The van der Waals surface area contributed by atoms with Gasteiger partial charge in [-0.2, -0.15) is 0 Å². The van der Waals surface area contributed by atoms with Gasteiger partial charge in [-0.1, -0.05) is 12.1 Å². The highest BCUT2D eigenvalue weighted by Gasteiger charge is 2.30. The first-order chi connectivity index (χ1) is 9.61. The highest BCUT2D eigenvalue weighted by Crippen LogP contribution is 2.39. The standard InChI is InChI=1S/C16H14F2IN/c17-12-3-1-10(2-4-12)11-7-14(8-11)20-16-6-5-13(18)9-15(16)19/h1-6,9,11,14,20H,7-8H2. The van der Waals surface area contributed by atoms with E-state index in [0.29, 0.717) is 12.0 Å². The molecule has 3 rings (SSSR count). The summed E-state index contributed by atoms with van der Waals surface area (Å²) in [6.45, 7) is 0. The maximum Gasteiger partial charge on any atom is 0.124 e. The van der Waals surface area contributed by atoms with Gasteiger partial charge in [-0.15, -0.1) is 0 Å². The van der Waals surface area contributed by atoms with E-state index in [2.05, 4.69) is 27.9 Å². The quantitative estimate of drug-likeness (QED) is 0.740. The van der Waals surface area contributed by atoms with Crippen molar-refractivity contribution in [2.75, 3.05) is 5.32 Å². The van der Waals surface area contributed by atoms with Crippen molar-refractivity contribution in [1.82, 2.24) is 0 Å². The zero-order valence-electron chi connectivity index (χ0n) is 10.7. The van der Waals surface area contributed by atoms with E-state index in [1.165, 1.54) is 29.8 Å². The lowest BCUT2D eigenvalue weighted by Crippen LogP contribution is -2.34. The predicted molar refractivity (Wildman–Crippen MR) is 84.9 cm³/mol. The molecule has 0 aromatic heterocycles. The number of hydrogen-bond acceptors (Lipinski definition) is 1. The Bertz CT molecular complexity index is 606. The van der Waals surface area contributed by atoms with E-state index < -0.39 is 0 Å². The van der Waals surface area contributed by atoms with Crippen LogP contribution in [0.1, 0.15) is 24.3 Å². The summed E-state index contributed by atoms with van der Waals surface area (Å²) in [5.74, 6) is 0.0903. The van der Waals surface area contributed by atoms with Crippen LogP contribution in [0.2, 0.25) is 0 Å². The normalized spacial score (nSPS) is 21.4. The van der Waals surface area contributed by atoms with Crippen LogP contribution >= 0.6 is 22.6 Å². The number of anilines is 1. The minimum absolute atomic E-state index is 0.191. The maximum atomic E-state index is 13.0. The van der Waals surface area contributed by atoms with Crippen LogP contribution in [-0.4, -0.2) is 6.04 Å². The fraction of sp³-hybridized carbons (Fsp3) is 0.250. The minimum atomic E-state index is -0.210. The molecule has 0 aliphatic heterocycles. The summed E-state index contributed by atoms with van der Waals surface area (Å²) < 4.78 is 26.8. The third-order valence-corrected chi connectivity index (χ3v) is 4.66. The van der Waals surface area contributed by atoms with Crippen molar-refractivity contribution in [3.05, 3.63) is 63.2 Å². The van der Waals surface area contributed by atoms with E-state index in [1.807, 2.05) is 12.1 Å². The molecule has 0 atom stereocenters. The van der Waals surface area contributed by atoms with Gasteiger partial charge in [-0.3, -0.25) is 0 Å². The van der Waals surface area contributed by atoms with Gasteiger partial charge in [0.25, 0.3) is 0 Å². The first-order valence-electron chi connectivity index (χ1n) is 6.59. The van der Waals surface area contributed by atoms with Crippen LogP contribution in [0.15, 0.2) is 42.5 Å². The molecule has 104 valence electrons. The van der Waals surface area contributed by atoms with Crippen LogP contribution in [0.5, 0.6) is 0 Å². The van der Waals surface area contributed by atoms with Gasteiger partial charge in [-0.05, 0) is 77.2 Å². The summed E-state index contributed by atoms with van der Waals surface area (Å²) in [4.78, 5) is 0. The lowest BCUT2D eigenvalue weighted by Gasteiger charge is -2.37. The van der Waals surface area contributed by atoms with Gasteiger partial charge in [0.05, 0.1) is 0 Å². The Labute approximate surface area is 130 Å². The Balaban J connectivity index is 1.59. The molecular weight excluding hydrogens is 371 g/mol. The van der Waals surface area contributed by atoms with E-state index in [0.717, 1.165) is 22.1 Å². The Hall–Kier alpha value is -1.17. The molecule has 1 saturated carbocycles. The van der Waals surface area contributed by atoms with Crippen LogP contribution in [-0.2, 0) is 0 Å². The van der Waals surface area contributed by atoms with Crippen LogP contribution in [0, 0.1) is 15.2 Å². The number of benzene rings is 2. The molecule has 1 N–H and O–H groups in total. The second-order valence-corrected chi connectivity index (χ2v) is 6.35. The van der Waals surface area contributed by atoms with Crippen molar-refractivity contribution in [3.8, 4) is 0 Å². The number of nitrogens with one attached hydrogen (secondary N) is 1. The fourth-order valence-corrected chi connectivity index (χ4v) is 3.20. The third kappa shape index (κ3) is 2.95. The number of hydrogen-bond donors (Lipinski definition) is 1. The van der Waals surface area contributed by atoms with Crippen molar-refractivity contribution in [3.63, 3.8) is 0 Å². The van der Waals surface area contributed by atoms with E-state index in [4.69, 9.17) is 0 Å². The molecule has 1 nitrogen and oxygen atoms in total. The summed E-state index contributed by atoms with van der Waals surface area (Å²) in [6.07, 6.45) is 2.05. The summed E-state index contributed by atoms with van der Waals surface area (Å²) in [5.41, 5.74) is 2.17. The summed E-state index contributed by atoms with van der Waals surface area (Å²) in [5, 5.41) is 3.44. The average molecular weight is 385 g/mol. The monoisotopic (exact) mass is 385 g/mol. The van der Waals surface area contributed by atoms with Crippen LogP contribution in [0.4, 0.5) is 14.5 Å². The first kappa shape index (κ1) is 13.8. The molecule has 0 bridgehead atoms. The van der Waals surface area contributed by atoms with Crippen LogP contribution in [0.25, 0.3) is 0 Å². The van der Waals surface area contributed by atoms with Crippen molar-refractivity contribution in [1.29, 1.82) is 0 Å². The number of rotatable bonds is 3. The molecule has 0 unspecified atom stereocenters. The maximum absolute atomic E-state index is 13.0. The van der Waals surface area contributed by atoms with E-state index in [-0.39, 0.29) is 11.6 Å². The molecule has 20 heavy (non-hydrogen) atoms. The van der Waals surface area contributed by atoms with E-state index >= 15 is 0 Å². The molecule has 0 amide bonds. The Morgan fingerprint density at radius 3 is 2.25 bits per heavy atom. The van der Waals surface area contributed by atoms with Gasteiger partial charge in [0.15, 0.2) is 0 Å². The van der Waals surface area contributed by atoms with Crippen molar-refractivity contribution < 1.29 is 8.78 Å². The summed E-state index contributed by atoms with van der Waals surface area (Å²) >= 11 is 2.14. The van der Waals surface area contributed by atoms with E-state index in [1.54, 1.807) is 6.07 Å². The minimum Gasteiger partial charge on any atom is -0.381 e. The molecule has 1 fully saturated rings. The van der Waals surface area contributed by atoms with Gasteiger partial charge < -0.3 is 5.32 Å². The van der Waals surface area contributed by atoms with Gasteiger partial charge >= 0.3 is 0 Å². The summed E-state index contributed by atoms with van der Waals surface area (Å²) in [6, 6.07) is 11.9. The van der Waals surface area contributed by atoms with Crippen LogP contribution < -0.4 is 5.32 Å². The zero-order chi connectivity index (χ0) is 14.1. The predicted octanol–water partition coefficient (Wildman–Crippen LogP) is 4.93. The molecule has 2 aromatic rings. The Morgan fingerprint density at radius 2 is 1.60 bits per heavy atom. The van der Waals surface area contributed by atoms with Gasteiger partial charge in [0.1, 0.15) is 11.6 Å². The largest absolute Gasteiger partial charge is 0.381 e. The Morgan fingerprint density at radius 1 is 0.950 bits per heavy atom.